The standard InChI is InChI=1S/C13H19NO/c1-11-4-2-5-12(8-11)9-14-10-13-6-3-7-15-13/h2,4-5,8,13-14H,3,6-7,9-10H2,1H3/t13-/m0/s1. The Morgan fingerprint density at radius 2 is 2.40 bits per heavy atom. The smallest absolute Gasteiger partial charge is 0.0700 e. The largest absolute Gasteiger partial charge is 0.377 e. The Bertz CT molecular complexity index is 305. The molecule has 0 spiro atoms. The van der Waals surface area contributed by atoms with E-state index in [1.807, 2.05) is 0 Å². The Hall–Kier alpha value is -0.860. The van der Waals surface area contributed by atoms with Gasteiger partial charge in [-0.15, -0.1) is 0 Å². The Morgan fingerprint density at radius 1 is 1.47 bits per heavy atom. The maximum Gasteiger partial charge on any atom is 0.0700 e. The molecule has 1 aromatic rings. The van der Waals surface area contributed by atoms with Gasteiger partial charge in [-0.2, -0.15) is 0 Å². The van der Waals surface area contributed by atoms with Crippen LogP contribution in [0.15, 0.2) is 24.3 Å². The van der Waals surface area contributed by atoms with Gasteiger partial charge in [-0.1, -0.05) is 29.8 Å². The molecule has 15 heavy (non-hydrogen) atoms. The summed E-state index contributed by atoms with van der Waals surface area (Å²) in [7, 11) is 0. The minimum atomic E-state index is 0.440. The lowest BCUT2D eigenvalue weighted by Crippen LogP contribution is -2.25. The van der Waals surface area contributed by atoms with Gasteiger partial charge < -0.3 is 10.1 Å². The second-order valence-electron chi connectivity index (χ2n) is 4.25. The lowest BCUT2D eigenvalue weighted by Gasteiger charge is -2.10. The van der Waals surface area contributed by atoms with Gasteiger partial charge in [-0.05, 0) is 25.3 Å². The fourth-order valence-corrected chi connectivity index (χ4v) is 2.00. The highest BCUT2D eigenvalue weighted by molar-refractivity contribution is 5.21. The minimum absolute atomic E-state index is 0.440. The van der Waals surface area contributed by atoms with Gasteiger partial charge >= 0.3 is 0 Å². The molecule has 2 heteroatoms. The molecule has 1 aliphatic heterocycles. The minimum Gasteiger partial charge on any atom is -0.377 e. The molecule has 2 nitrogen and oxygen atoms in total. The Labute approximate surface area is 91.6 Å². The topological polar surface area (TPSA) is 21.3 Å². The van der Waals surface area contributed by atoms with Crippen molar-refractivity contribution in [1.82, 2.24) is 5.32 Å². The van der Waals surface area contributed by atoms with Gasteiger partial charge in [0.05, 0.1) is 6.10 Å². The first-order valence-electron chi connectivity index (χ1n) is 5.72. The maximum atomic E-state index is 5.55. The van der Waals surface area contributed by atoms with Crippen LogP contribution in [0.25, 0.3) is 0 Å². The number of benzene rings is 1. The third-order valence-corrected chi connectivity index (χ3v) is 2.81. The monoisotopic (exact) mass is 205 g/mol. The highest BCUT2D eigenvalue weighted by atomic mass is 16.5. The van der Waals surface area contributed by atoms with Crippen molar-refractivity contribution >= 4 is 0 Å². The van der Waals surface area contributed by atoms with Gasteiger partial charge in [0.1, 0.15) is 0 Å². The molecule has 0 aromatic heterocycles. The molecular formula is C13H19NO. The van der Waals surface area contributed by atoms with Gasteiger partial charge in [0.25, 0.3) is 0 Å². The third-order valence-electron chi connectivity index (χ3n) is 2.81. The molecule has 1 saturated heterocycles. The molecule has 0 radical (unpaired) electrons. The predicted octanol–water partition coefficient (Wildman–Crippen LogP) is 2.26. The molecule has 1 heterocycles. The molecule has 82 valence electrons. The van der Waals surface area contributed by atoms with Gasteiger partial charge in [0.2, 0.25) is 0 Å². The molecule has 1 atom stereocenters. The van der Waals surface area contributed by atoms with E-state index in [1.165, 1.54) is 24.0 Å². The third kappa shape index (κ3) is 3.33. The van der Waals surface area contributed by atoms with Crippen LogP contribution in [0.4, 0.5) is 0 Å². The van der Waals surface area contributed by atoms with E-state index in [0.717, 1.165) is 19.7 Å². The first kappa shape index (κ1) is 10.7. The molecule has 1 fully saturated rings. The average molecular weight is 205 g/mol. The number of hydrogen-bond donors (Lipinski definition) is 1. The maximum absolute atomic E-state index is 5.55. The summed E-state index contributed by atoms with van der Waals surface area (Å²) >= 11 is 0. The Kier molecular flexibility index (Phi) is 3.75. The van der Waals surface area contributed by atoms with E-state index in [-0.39, 0.29) is 0 Å². The summed E-state index contributed by atoms with van der Waals surface area (Å²) in [6.07, 6.45) is 2.87. The number of aryl methyl sites for hydroxylation is 1. The number of hydrogen-bond acceptors (Lipinski definition) is 2. The number of rotatable bonds is 4. The summed E-state index contributed by atoms with van der Waals surface area (Å²) in [5.74, 6) is 0. The lowest BCUT2D eigenvalue weighted by atomic mass is 10.1. The average Bonchev–Trinajstić information content (AvgIpc) is 2.71. The summed E-state index contributed by atoms with van der Waals surface area (Å²) in [5, 5.41) is 3.45. The van der Waals surface area contributed by atoms with Crippen molar-refractivity contribution < 1.29 is 4.74 Å². The Balaban J connectivity index is 1.73. The highest BCUT2D eigenvalue weighted by Crippen LogP contribution is 2.11. The molecule has 0 unspecified atom stereocenters. The first-order chi connectivity index (χ1) is 7.34. The summed E-state index contributed by atoms with van der Waals surface area (Å²) in [6, 6.07) is 8.63. The SMILES string of the molecule is Cc1cccc(CNC[C@@H]2CCCO2)c1. The molecule has 0 amide bonds. The van der Waals surface area contributed by atoms with Crippen molar-refractivity contribution in [1.29, 1.82) is 0 Å². The zero-order valence-electron chi connectivity index (χ0n) is 9.33. The van der Waals surface area contributed by atoms with E-state index in [1.54, 1.807) is 0 Å². The van der Waals surface area contributed by atoms with Crippen LogP contribution < -0.4 is 5.32 Å². The highest BCUT2D eigenvalue weighted by Gasteiger charge is 2.14. The van der Waals surface area contributed by atoms with E-state index in [9.17, 15) is 0 Å². The summed E-state index contributed by atoms with van der Waals surface area (Å²) in [5.41, 5.74) is 2.68. The van der Waals surface area contributed by atoms with E-state index in [0.29, 0.717) is 6.10 Å². The molecule has 0 aliphatic carbocycles. The van der Waals surface area contributed by atoms with Crippen LogP contribution in [0.2, 0.25) is 0 Å². The Morgan fingerprint density at radius 3 is 3.13 bits per heavy atom. The number of ether oxygens (including phenoxy) is 1. The van der Waals surface area contributed by atoms with E-state index in [2.05, 4.69) is 36.5 Å². The molecule has 1 aliphatic rings. The predicted molar refractivity (Wildman–Crippen MR) is 61.9 cm³/mol. The van der Waals surface area contributed by atoms with E-state index < -0.39 is 0 Å². The van der Waals surface area contributed by atoms with Crippen molar-refractivity contribution in [2.45, 2.75) is 32.4 Å². The summed E-state index contributed by atoms with van der Waals surface area (Å²) in [6.45, 7) is 5.00. The second-order valence-corrected chi connectivity index (χ2v) is 4.25. The van der Waals surface area contributed by atoms with E-state index in [4.69, 9.17) is 4.74 Å². The van der Waals surface area contributed by atoms with Crippen molar-refractivity contribution in [3.8, 4) is 0 Å². The van der Waals surface area contributed by atoms with Crippen LogP contribution in [-0.4, -0.2) is 19.3 Å². The van der Waals surface area contributed by atoms with Crippen LogP contribution in [0.5, 0.6) is 0 Å². The molecule has 1 N–H and O–H groups in total. The van der Waals surface area contributed by atoms with Crippen LogP contribution in [0, 0.1) is 6.92 Å². The van der Waals surface area contributed by atoms with Crippen LogP contribution in [-0.2, 0) is 11.3 Å². The van der Waals surface area contributed by atoms with Crippen molar-refractivity contribution in [3.05, 3.63) is 35.4 Å². The number of nitrogens with one attached hydrogen (secondary N) is 1. The summed E-state index contributed by atoms with van der Waals surface area (Å²) in [4.78, 5) is 0. The van der Waals surface area contributed by atoms with Gasteiger partial charge in [-0.25, -0.2) is 0 Å². The second kappa shape index (κ2) is 5.29. The van der Waals surface area contributed by atoms with Gasteiger partial charge in [-0.3, -0.25) is 0 Å². The van der Waals surface area contributed by atoms with Crippen LogP contribution in [0.1, 0.15) is 24.0 Å². The zero-order chi connectivity index (χ0) is 10.5. The fraction of sp³-hybridized carbons (Fsp3) is 0.538. The molecular weight excluding hydrogens is 186 g/mol. The first-order valence-corrected chi connectivity index (χ1v) is 5.72. The van der Waals surface area contributed by atoms with Gasteiger partial charge in [0, 0.05) is 19.7 Å². The van der Waals surface area contributed by atoms with E-state index >= 15 is 0 Å². The van der Waals surface area contributed by atoms with Gasteiger partial charge in [0.15, 0.2) is 0 Å². The lowest BCUT2D eigenvalue weighted by molar-refractivity contribution is 0.110. The molecule has 0 bridgehead atoms. The van der Waals surface area contributed by atoms with Crippen LogP contribution >= 0.6 is 0 Å². The molecule has 0 saturated carbocycles. The summed E-state index contributed by atoms with van der Waals surface area (Å²) < 4.78 is 5.55. The van der Waals surface area contributed by atoms with Crippen molar-refractivity contribution in [3.63, 3.8) is 0 Å². The normalized spacial score (nSPS) is 20.7. The fourth-order valence-electron chi connectivity index (χ4n) is 2.00. The molecule has 1 aromatic carbocycles. The zero-order valence-corrected chi connectivity index (χ0v) is 9.33. The quantitative estimate of drug-likeness (QED) is 0.814. The van der Waals surface area contributed by atoms with Crippen LogP contribution in [0.3, 0.4) is 0 Å². The molecule has 2 rings (SSSR count). The van der Waals surface area contributed by atoms with Crippen molar-refractivity contribution in [2.75, 3.05) is 13.2 Å². The van der Waals surface area contributed by atoms with Crippen molar-refractivity contribution in [2.24, 2.45) is 0 Å².